The minimum atomic E-state index is 0.411. The first-order valence-electron chi connectivity index (χ1n) is 5.90. The van der Waals surface area contributed by atoms with E-state index in [4.69, 9.17) is 20.5 Å². The van der Waals surface area contributed by atoms with Crippen LogP contribution in [-0.4, -0.2) is 13.2 Å². The Morgan fingerprint density at radius 2 is 1.63 bits per heavy atom. The third-order valence-corrected chi connectivity index (χ3v) is 2.51. The van der Waals surface area contributed by atoms with Crippen molar-refractivity contribution in [2.45, 2.75) is 0 Å². The summed E-state index contributed by atoms with van der Waals surface area (Å²) in [5, 5.41) is 8.67. The minimum absolute atomic E-state index is 0.411. The quantitative estimate of drug-likeness (QED) is 0.657. The summed E-state index contributed by atoms with van der Waals surface area (Å²) in [5.74, 6) is 1.37. The lowest BCUT2D eigenvalue weighted by Crippen LogP contribution is -2.09. The third-order valence-electron chi connectivity index (χ3n) is 2.51. The number of hydrogen-bond acceptors (Lipinski definition) is 4. The maximum absolute atomic E-state index is 8.67. The molecule has 0 aromatic heterocycles. The van der Waals surface area contributed by atoms with Gasteiger partial charge in [0.25, 0.3) is 0 Å². The Labute approximate surface area is 112 Å². The number of nitriles is 1. The summed E-state index contributed by atoms with van der Waals surface area (Å²) in [6.07, 6.45) is 0. The van der Waals surface area contributed by atoms with E-state index in [1.54, 1.807) is 30.3 Å². The van der Waals surface area contributed by atoms with Crippen LogP contribution < -0.4 is 15.2 Å². The zero-order valence-corrected chi connectivity index (χ0v) is 10.4. The van der Waals surface area contributed by atoms with Crippen molar-refractivity contribution in [1.29, 1.82) is 5.26 Å². The minimum Gasteiger partial charge on any atom is -0.490 e. The summed E-state index contributed by atoms with van der Waals surface area (Å²) < 4.78 is 11.0. The molecule has 4 nitrogen and oxygen atoms in total. The molecule has 19 heavy (non-hydrogen) atoms. The molecule has 2 aromatic carbocycles. The zero-order valence-electron chi connectivity index (χ0n) is 10.4. The number of rotatable bonds is 5. The van der Waals surface area contributed by atoms with Gasteiger partial charge in [0.1, 0.15) is 24.7 Å². The van der Waals surface area contributed by atoms with Crippen molar-refractivity contribution in [2.75, 3.05) is 18.9 Å². The number of ether oxygens (including phenoxy) is 2. The molecule has 0 fully saturated rings. The molecule has 0 bridgehead atoms. The molecule has 0 unspecified atom stereocenters. The average molecular weight is 254 g/mol. The second-order valence-electron chi connectivity index (χ2n) is 3.87. The van der Waals surface area contributed by atoms with Gasteiger partial charge in [-0.2, -0.15) is 5.26 Å². The van der Waals surface area contributed by atoms with E-state index >= 15 is 0 Å². The van der Waals surface area contributed by atoms with Gasteiger partial charge in [-0.25, -0.2) is 0 Å². The fourth-order valence-corrected chi connectivity index (χ4v) is 1.55. The van der Waals surface area contributed by atoms with Gasteiger partial charge >= 0.3 is 0 Å². The van der Waals surface area contributed by atoms with Gasteiger partial charge in [0, 0.05) is 0 Å². The topological polar surface area (TPSA) is 68.3 Å². The lowest BCUT2D eigenvalue weighted by Gasteiger charge is -2.09. The Hall–Kier alpha value is -2.67. The molecule has 0 radical (unpaired) electrons. The molecule has 2 aromatic rings. The van der Waals surface area contributed by atoms with Crippen LogP contribution in [0.3, 0.4) is 0 Å². The fraction of sp³-hybridized carbons (Fsp3) is 0.133. The highest BCUT2D eigenvalue weighted by Crippen LogP contribution is 2.19. The first-order valence-corrected chi connectivity index (χ1v) is 5.90. The van der Waals surface area contributed by atoms with Gasteiger partial charge in [0.2, 0.25) is 0 Å². The van der Waals surface area contributed by atoms with Crippen LogP contribution >= 0.6 is 0 Å². The van der Waals surface area contributed by atoms with E-state index in [2.05, 4.69) is 6.07 Å². The molecular weight excluding hydrogens is 240 g/mol. The molecule has 2 rings (SSSR count). The highest BCUT2D eigenvalue weighted by Gasteiger charge is 1.99. The van der Waals surface area contributed by atoms with Crippen molar-refractivity contribution in [3.05, 3.63) is 54.1 Å². The summed E-state index contributed by atoms with van der Waals surface area (Å²) in [5.41, 5.74) is 6.97. The number of anilines is 1. The van der Waals surface area contributed by atoms with E-state index in [-0.39, 0.29) is 0 Å². The van der Waals surface area contributed by atoms with E-state index < -0.39 is 0 Å². The molecule has 4 heteroatoms. The first kappa shape index (κ1) is 12.8. The van der Waals surface area contributed by atoms with Crippen molar-refractivity contribution < 1.29 is 9.47 Å². The predicted molar refractivity (Wildman–Crippen MR) is 73.0 cm³/mol. The van der Waals surface area contributed by atoms with Gasteiger partial charge in [-0.3, -0.25) is 0 Å². The lowest BCUT2D eigenvalue weighted by atomic mass is 10.2. The normalized spacial score (nSPS) is 9.63. The number of nitrogen functional groups attached to an aromatic ring is 1. The van der Waals surface area contributed by atoms with Gasteiger partial charge in [-0.15, -0.1) is 0 Å². The molecular formula is C15H14N2O2. The number of hydrogen-bond donors (Lipinski definition) is 1. The third kappa shape index (κ3) is 3.65. The summed E-state index contributed by atoms with van der Waals surface area (Å²) >= 11 is 0. The Kier molecular flexibility index (Phi) is 4.25. The lowest BCUT2D eigenvalue weighted by molar-refractivity contribution is 0.218. The van der Waals surface area contributed by atoms with E-state index in [9.17, 15) is 0 Å². The largest absolute Gasteiger partial charge is 0.490 e. The Morgan fingerprint density at radius 1 is 0.947 bits per heavy atom. The molecule has 0 aliphatic rings. The van der Waals surface area contributed by atoms with Crippen LogP contribution in [0.1, 0.15) is 5.56 Å². The van der Waals surface area contributed by atoms with Gasteiger partial charge in [0.05, 0.1) is 17.3 Å². The van der Waals surface area contributed by atoms with Crippen LogP contribution in [0.15, 0.2) is 48.5 Å². The molecule has 0 aliphatic carbocycles. The summed E-state index contributed by atoms with van der Waals surface area (Å²) in [7, 11) is 0. The molecule has 0 saturated carbocycles. The first-order chi connectivity index (χ1) is 9.29. The summed E-state index contributed by atoms with van der Waals surface area (Å²) in [6, 6.07) is 16.3. The smallest absolute Gasteiger partial charge is 0.142 e. The molecule has 0 aliphatic heterocycles. The standard InChI is InChI=1S/C15H14N2O2/c16-11-12-5-7-13(8-6-12)18-9-10-19-15-4-2-1-3-14(15)17/h1-8H,9-10,17H2. The van der Waals surface area contributed by atoms with E-state index in [0.717, 1.165) is 0 Å². The van der Waals surface area contributed by atoms with Crippen molar-refractivity contribution in [1.82, 2.24) is 0 Å². The van der Waals surface area contributed by atoms with Gasteiger partial charge in [-0.1, -0.05) is 12.1 Å². The zero-order chi connectivity index (χ0) is 13.5. The second-order valence-corrected chi connectivity index (χ2v) is 3.87. The Balaban J connectivity index is 1.78. The molecule has 0 amide bonds. The van der Waals surface area contributed by atoms with E-state index in [1.165, 1.54) is 0 Å². The summed E-state index contributed by atoms with van der Waals surface area (Å²) in [4.78, 5) is 0. The van der Waals surface area contributed by atoms with Gasteiger partial charge in [0.15, 0.2) is 0 Å². The highest BCUT2D eigenvalue weighted by molar-refractivity contribution is 5.51. The van der Waals surface area contributed by atoms with Crippen molar-refractivity contribution in [2.24, 2.45) is 0 Å². The molecule has 0 heterocycles. The highest BCUT2D eigenvalue weighted by atomic mass is 16.5. The maximum Gasteiger partial charge on any atom is 0.142 e. The predicted octanol–water partition coefficient (Wildman–Crippen LogP) is 2.60. The molecule has 0 saturated heterocycles. The van der Waals surface area contributed by atoms with Crippen molar-refractivity contribution in [3.63, 3.8) is 0 Å². The number of nitrogens with two attached hydrogens (primary N) is 1. The molecule has 0 atom stereocenters. The SMILES string of the molecule is N#Cc1ccc(OCCOc2ccccc2N)cc1. The summed E-state index contributed by atoms with van der Waals surface area (Å²) in [6.45, 7) is 0.828. The van der Waals surface area contributed by atoms with Crippen LogP contribution in [0.4, 0.5) is 5.69 Å². The van der Waals surface area contributed by atoms with Crippen molar-refractivity contribution >= 4 is 5.69 Å². The number of para-hydroxylation sites is 2. The van der Waals surface area contributed by atoms with Crippen molar-refractivity contribution in [3.8, 4) is 17.6 Å². The Bertz CT molecular complexity index is 573. The van der Waals surface area contributed by atoms with Crippen LogP contribution in [0, 0.1) is 11.3 Å². The molecule has 2 N–H and O–H groups in total. The van der Waals surface area contributed by atoms with Crippen LogP contribution in [0.25, 0.3) is 0 Å². The van der Waals surface area contributed by atoms with Crippen LogP contribution in [0.5, 0.6) is 11.5 Å². The van der Waals surface area contributed by atoms with E-state index in [0.29, 0.717) is 36.0 Å². The molecule has 0 spiro atoms. The van der Waals surface area contributed by atoms with Gasteiger partial charge in [-0.05, 0) is 36.4 Å². The van der Waals surface area contributed by atoms with Crippen LogP contribution in [-0.2, 0) is 0 Å². The number of benzene rings is 2. The van der Waals surface area contributed by atoms with Gasteiger partial charge < -0.3 is 15.2 Å². The molecule has 96 valence electrons. The Morgan fingerprint density at radius 3 is 2.32 bits per heavy atom. The second kappa shape index (κ2) is 6.31. The maximum atomic E-state index is 8.67. The average Bonchev–Trinajstić information content (AvgIpc) is 2.46. The monoisotopic (exact) mass is 254 g/mol. The number of nitrogens with zero attached hydrogens (tertiary/aromatic N) is 1. The fourth-order valence-electron chi connectivity index (χ4n) is 1.55. The van der Waals surface area contributed by atoms with Crippen LogP contribution in [0.2, 0.25) is 0 Å². The van der Waals surface area contributed by atoms with E-state index in [1.807, 2.05) is 18.2 Å².